The second kappa shape index (κ2) is 6.77. The predicted octanol–water partition coefficient (Wildman–Crippen LogP) is 1.51. The van der Waals surface area contributed by atoms with Crippen molar-refractivity contribution in [2.75, 3.05) is 24.6 Å². The lowest BCUT2D eigenvalue weighted by molar-refractivity contribution is 0.0439. The molecule has 1 aromatic rings. The van der Waals surface area contributed by atoms with E-state index in [0.29, 0.717) is 4.99 Å². The van der Waals surface area contributed by atoms with Gasteiger partial charge in [-0.25, -0.2) is 0 Å². The molecule has 0 bridgehead atoms. The van der Waals surface area contributed by atoms with E-state index < -0.39 is 0 Å². The summed E-state index contributed by atoms with van der Waals surface area (Å²) in [5, 5.41) is 8.13. The zero-order valence-electron chi connectivity index (χ0n) is 11.2. The first-order valence-corrected chi connectivity index (χ1v) is 7.11. The topological polar surface area (TPSA) is 64.3 Å². The second-order valence-corrected chi connectivity index (χ2v) is 5.15. The van der Waals surface area contributed by atoms with Crippen LogP contribution in [0.5, 0.6) is 0 Å². The fraction of sp³-hybridized carbons (Fsp3) is 0.615. The van der Waals surface area contributed by atoms with Crippen LogP contribution in [0.4, 0.5) is 5.82 Å². The maximum absolute atomic E-state index is 5.83. The van der Waals surface area contributed by atoms with Gasteiger partial charge in [0.05, 0.1) is 17.9 Å². The van der Waals surface area contributed by atoms with Crippen molar-refractivity contribution >= 4 is 23.0 Å². The number of piperidine rings is 1. The standard InChI is InChI=1S/C13H20N4OS/c1-2-8-18-10-4-3-7-17(9-10)13-11(12(14)19)5-6-15-16-13/h5-6,10H,2-4,7-9H2,1H3,(H2,14,19). The monoisotopic (exact) mass is 280 g/mol. The Morgan fingerprint density at radius 2 is 2.47 bits per heavy atom. The van der Waals surface area contributed by atoms with Crippen molar-refractivity contribution in [3.05, 3.63) is 17.8 Å². The highest BCUT2D eigenvalue weighted by Gasteiger charge is 2.23. The zero-order chi connectivity index (χ0) is 13.7. The number of hydrogen-bond acceptors (Lipinski definition) is 5. The molecule has 104 valence electrons. The van der Waals surface area contributed by atoms with E-state index in [0.717, 1.165) is 50.3 Å². The molecule has 0 radical (unpaired) electrons. The molecule has 1 aliphatic rings. The van der Waals surface area contributed by atoms with Gasteiger partial charge in [0.25, 0.3) is 0 Å². The molecule has 0 amide bonds. The largest absolute Gasteiger partial charge is 0.389 e. The molecular formula is C13H20N4OS. The summed E-state index contributed by atoms with van der Waals surface area (Å²) in [6.07, 6.45) is 5.10. The van der Waals surface area contributed by atoms with Crippen molar-refractivity contribution in [1.29, 1.82) is 0 Å². The number of ether oxygens (including phenoxy) is 1. The summed E-state index contributed by atoms with van der Waals surface area (Å²) in [6, 6.07) is 1.82. The van der Waals surface area contributed by atoms with Gasteiger partial charge < -0.3 is 15.4 Å². The summed E-state index contributed by atoms with van der Waals surface area (Å²) in [6.45, 7) is 4.70. The minimum absolute atomic E-state index is 0.259. The summed E-state index contributed by atoms with van der Waals surface area (Å²) in [5.74, 6) is 0.778. The lowest BCUT2D eigenvalue weighted by Crippen LogP contribution is -2.41. The highest BCUT2D eigenvalue weighted by Crippen LogP contribution is 2.22. The third kappa shape index (κ3) is 3.61. The zero-order valence-corrected chi connectivity index (χ0v) is 12.0. The van der Waals surface area contributed by atoms with Gasteiger partial charge in [0.2, 0.25) is 0 Å². The van der Waals surface area contributed by atoms with Gasteiger partial charge in [0, 0.05) is 19.7 Å². The van der Waals surface area contributed by atoms with Gasteiger partial charge in [0.15, 0.2) is 5.82 Å². The van der Waals surface area contributed by atoms with E-state index in [1.165, 1.54) is 0 Å². The average Bonchev–Trinajstić information content (AvgIpc) is 2.45. The molecule has 0 saturated carbocycles. The van der Waals surface area contributed by atoms with E-state index in [-0.39, 0.29) is 6.10 Å². The first-order chi connectivity index (χ1) is 9.22. The Balaban J connectivity index is 2.11. The molecule has 19 heavy (non-hydrogen) atoms. The van der Waals surface area contributed by atoms with Crippen LogP contribution in [0.1, 0.15) is 31.7 Å². The van der Waals surface area contributed by atoms with E-state index in [1.54, 1.807) is 6.20 Å². The first kappa shape index (κ1) is 14.1. The summed E-state index contributed by atoms with van der Waals surface area (Å²) in [5.41, 5.74) is 6.53. The van der Waals surface area contributed by atoms with Gasteiger partial charge in [0.1, 0.15) is 4.99 Å². The molecule has 0 aromatic carbocycles. The maximum atomic E-state index is 5.83. The van der Waals surface area contributed by atoms with Crippen LogP contribution in [0.25, 0.3) is 0 Å². The highest BCUT2D eigenvalue weighted by molar-refractivity contribution is 7.80. The number of nitrogens with zero attached hydrogens (tertiary/aromatic N) is 3. The average molecular weight is 280 g/mol. The number of rotatable bonds is 5. The van der Waals surface area contributed by atoms with Crippen LogP contribution in [-0.4, -0.2) is 41.0 Å². The van der Waals surface area contributed by atoms with Crippen molar-refractivity contribution in [3.63, 3.8) is 0 Å². The van der Waals surface area contributed by atoms with Crippen LogP contribution >= 0.6 is 12.2 Å². The van der Waals surface area contributed by atoms with Gasteiger partial charge in [-0.05, 0) is 25.3 Å². The quantitative estimate of drug-likeness (QED) is 0.825. The second-order valence-electron chi connectivity index (χ2n) is 4.71. The summed E-state index contributed by atoms with van der Waals surface area (Å²) < 4.78 is 5.83. The molecule has 2 heterocycles. The summed E-state index contributed by atoms with van der Waals surface area (Å²) >= 11 is 5.07. The fourth-order valence-corrected chi connectivity index (χ4v) is 2.46. The molecule has 1 atom stereocenters. The van der Waals surface area contributed by atoms with Gasteiger partial charge >= 0.3 is 0 Å². The molecule has 0 aliphatic carbocycles. The van der Waals surface area contributed by atoms with E-state index in [4.69, 9.17) is 22.7 Å². The number of nitrogens with two attached hydrogens (primary N) is 1. The van der Waals surface area contributed by atoms with Crippen LogP contribution in [0.2, 0.25) is 0 Å². The van der Waals surface area contributed by atoms with E-state index in [1.807, 2.05) is 6.07 Å². The Morgan fingerprint density at radius 1 is 1.63 bits per heavy atom. The van der Waals surface area contributed by atoms with Crippen LogP contribution in [0.3, 0.4) is 0 Å². The maximum Gasteiger partial charge on any atom is 0.161 e. The minimum Gasteiger partial charge on any atom is -0.389 e. The molecule has 1 aromatic heterocycles. The minimum atomic E-state index is 0.259. The van der Waals surface area contributed by atoms with E-state index in [2.05, 4.69) is 22.0 Å². The van der Waals surface area contributed by atoms with Crippen molar-refractivity contribution in [2.24, 2.45) is 5.73 Å². The molecule has 2 N–H and O–H groups in total. The summed E-state index contributed by atoms with van der Waals surface area (Å²) in [7, 11) is 0. The third-order valence-electron chi connectivity index (χ3n) is 3.20. The van der Waals surface area contributed by atoms with Crippen LogP contribution in [-0.2, 0) is 4.74 Å². The number of aromatic nitrogens is 2. The van der Waals surface area contributed by atoms with E-state index in [9.17, 15) is 0 Å². The Kier molecular flexibility index (Phi) is 5.04. The van der Waals surface area contributed by atoms with Crippen molar-refractivity contribution < 1.29 is 4.74 Å². The van der Waals surface area contributed by atoms with Gasteiger partial charge in [-0.2, -0.15) is 5.10 Å². The Hall–Kier alpha value is -1.27. The smallest absolute Gasteiger partial charge is 0.161 e. The fourth-order valence-electron chi connectivity index (χ4n) is 2.30. The molecule has 1 saturated heterocycles. The van der Waals surface area contributed by atoms with Crippen LogP contribution in [0.15, 0.2) is 12.3 Å². The molecule has 0 spiro atoms. The lowest BCUT2D eigenvalue weighted by Gasteiger charge is -2.33. The van der Waals surface area contributed by atoms with Gasteiger partial charge in [-0.1, -0.05) is 19.1 Å². The molecule has 2 rings (SSSR count). The van der Waals surface area contributed by atoms with Crippen molar-refractivity contribution in [3.8, 4) is 0 Å². The van der Waals surface area contributed by atoms with Crippen LogP contribution in [0, 0.1) is 0 Å². The predicted molar refractivity (Wildman–Crippen MR) is 79.4 cm³/mol. The van der Waals surface area contributed by atoms with Crippen molar-refractivity contribution in [1.82, 2.24) is 10.2 Å². The third-order valence-corrected chi connectivity index (χ3v) is 3.42. The SMILES string of the molecule is CCCOC1CCCN(c2nnccc2C(N)=S)C1. The molecule has 6 heteroatoms. The Labute approximate surface area is 119 Å². The van der Waals surface area contributed by atoms with Gasteiger partial charge in [-0.15, -0.1) is 5.10 Å². The molecule has 5 nitrogen and oxygen atoms in total. The van der Waals surface area contributed by atoms with Gasteiger partial charge in [-0.3, -0.25) is 0 Å². The van der Waals surface area contributed by atoms with Crippen LogP contribution < -0.4 is 10.6 Å². The van der Waals surface area contributed by atoms with Crippen molar-refractivity contribution in [2.45, 2.75) is 32.3 Å². The molecule has 1 aliphatic heterocycles. The molecule has 1 fully saturated rings. The molecular weight excluding hydrogens is 260 g/mol. The number of thiocarbonyl (C=S) groups is 1. The summed E-state index contributed by atoms with van der Waals surface area (Å²) in [4.78, 5) is 2.53. The first-order valence-electron chi connectivity index (χ1n) is 6.70. The lowest BCUT2D eigenvalue weighted by atomic mass is 10.1. The number of hydrogen-bond donors (Lipinski definition) is 1. The normalized spacial score (nSPS) is 19.4. The Bertz CT molecular complexity index is 440. The van der Waals surface area contributed by atoms with E-state index >= 15 is 0 Å². The number of anilines is 1. The Morgan fingerprint density at radius 3 is 3.21 bits per heavy atom. The molecule has 1 unspecified atom stereocenters. The highest BCUT2D eigenvalue weighted by atomic mass is 32.1.